The van der Waals surface area contributed by atoms with Gasteiger partial charge in [0.25, 0.3) is 6.43 Å². The number of nitrogens with one attached hydrogen (secondary N) is 1. The third-order valence-corrected chi connectivity index (χ3v) is 1.31. The molecule has 0 aliphatic heterocycles. The molecule has 84 valence electrons. The maximum Gasteiger partial charge on any atom is 0.261 e. The number of carbonyl (C=O) groups is 1. The van der Waals surface area contributed by atoms with Crippen molar-refractivity contribution in [3.63, 3.8) is 0 Å². The quantitative estimate of drug-likeness (QED) is 0.589. The van der Waals surface area contributed by atoms with Gasteiger partial charge in [-0.1, -0.05) is 0 Å². The highest BCUT2D eigenvalue weighted by Crippen LogP contribution is 1.93. The first-order chi connectivity index (χ1) is 6.52. The molecule has 4 nitrogen and oxygen atoms in total. The number of ether oxygens (including phenoxy) is 1. The van der Waals surface area contributed by atoms with Gasteiger partial charge in [-0.15, -0.1) is 0 Å². The van der Waals surface area contributed by atoms with E-state index in [0.29, 0.717) is 0 Å². The highest BCUT2D eigenvalue weighted by Gasteiger charge is 2.05. The fourth-order valence-electron chi connectivity index (χ4n) is 0.687. The molecular weight excluding hydrogens is 196 g/mol. The molecule has 6 heteroatoms. The highest BCUT2D eigenvalue weighted by molar-refractivity contribution is 5.75. The molecule has 0 unspecified atom stereocenters. The molecule has 0 aromatic heterocycles. The summed E-state index contributed by atoms with van der Waals surface area (Å²) < 4.78 is 27.6. The van der Waals surface area contributed by atoms with E-state index < -0.39 is 19.1 Å². The zero-order chi connectivity index (χ0) is 11.0. The van der Waals surface area contributed by atoms with Gasteiger partial charge in [-0.2, -0.15) is 0 Å². The van der Waals surface area contributed by atoms with E-state index in [-0.39, 0.29) is 25.5 Å². The molecule has 0 heterocycles. The molecule has 0 aromatic rings. The summed E-state index contributed by atoms with van der Waals surface area (Å²) in [6, 6.07) is 0. The third-order valence-electron chi connectivity index (χ3n) is 1.31. The maximum atomic E-state index is 11.6. The molecule has 0 spiro atoms. The van der Waals surface area contributed by atoms with Crippen molar-refractivity contribution in [3.8, 4) is 0 Å². The van der Waals surface area contributed by atoms with Gasteiger partial charge in [-0.05, 0) is 6.92 Å². The van der Waals surface area contributed by atoms with E-state index in [1.807, 2.05) is 0 Å². The Morgan fingerprint density at radius 3 is 2.71 bits per heavy atom. The van der Waals surface area contributed by atoms with Crippen LogP contribution in [-0.2, 0) is 9.53 Å². The Bertz CT molecular complexity index is 165. The van der Waals surface area contributed by atoms with Crippen LogP contribution in [-0.4, -0.2) is 43.3 Å². The van der Waals surface area contributed by atoms with Gasteiger partial charge in [0.2, 0.25) is 5.91 Å². The molecule has 1 amide bonds. The van der Waals surface area contributed by atoms with E-state index in [1.54, 1.807) is 0 Å². The summed E-state index contributed by atoms with van der Waals surface area (Å²) in [5, 5.41) is 11.2. The summed E-state index contributed by atoms with van der Waals surface area (Å²) >= 11 is 0. The first-order valence-corrected chi connectivity index (χ1v) is 4.33. The van der Waals surface area contributed by atoms with Gasteiger partial charge >= 0.3 is 0 Å². The number of halogens is 2. The zero-order valence-electron chi connectivity index (χ0n) is 8.00. The first-order valence-electron chi connectivity index (χ1n) is 4.33. The molecule has 0 saturated heterocycles. The lowest BCUT2D eigenvalue weighted by atomic mass is 10.3. The molecule has 0 aliphatic carbocycles. The lowest BCUT2D eigenvalue weighted by Gasteiger charge is -2.07. The Morgan fingerprint density at radius 2 is 2.21 bits per heavy atom. The normalized spacial score (nSPS) is 12.9. The Labute approximate surface area is 81.2 Å². The lowest BCUT2D eigenvalue weighted by molar-refractivity contribution is -0.123. The minimum absolute atomic E-state index is 0.0272. The molecule has 2 N–H and O–H groups in total. The van der Waals surface area contributed by atoms with Gasteiger partial charge < -0.3 is 15.2 Å². The molecule has 0 fully saturated rings. The second kappa shape index (κ2) is 7.64. The molecule has 0 aliphatic rings. The molecular formula is C8H15F2NO3. The van der Waals surface area contributed by atoms with Crippen molar-refractivity contribution < 1.29 is 23.4 Å². The van der Waals surface area contributed by atoms with Crippen LogP contribution in [0.1, 0.15) is 13.3 Å². The average Bonchev–Trinajstić information content (AvgIpc) is 2.08. The fraction of sp³-hybridized carbons (Fsp3) is 0.875. The summed E-state index contributed by atoms with van der Waals surface area (Å²) in [7, 11) is 0. The van der Waals surface area contributed by atoms with Crippen LogP contribution < -0.4 is 5.32 Å². The number of alkyl halides is 2. The molecule has 1 atom stereocenters. The molecule has 14 heavy (non-hydrogen) atoms. The van der Waals surface area contributed by atoms with Crippen molar-refractivity contribution in [2.24, 2.45) is 0 Å². The van der Waals surface area contributed by atoms with Crippen LogP contribution >= 0.6 is 0 Å². The van der Waals surface area contributed by atoms with Crippen LogP contribution in [0.25, 0.3) is 0 Å². The fourth-order valence-corrected chi connectivity index (χ4v) is 0.687. The number of hydrogen-bond donors (Lipinski definition) is 2. The SMILES string of the molecule is C[C@H](O)CNC(=O)CCOCC(F)F. The number of hydrogen-bond acceptors (Lipinski definition) is 3. The zero-order valence-corrected chi connectivity index (χ0v) is 8.00. The predicted molar refractivity (Wildman–Crippen MR) is 46.1 cm³/mol. The summed E-state index contributed by atoms with van der Waals surface area (Å²) in [4.78, 5) is 10.9. The van der Waals surface area contributed by atoms with Gasteiger partial charge in [-0.3, -0.25) is 4.79 Å². The van der Waals surface area contributed by atoms with Crippen LogP contribution in [0.5, 0.6) is 0 Å². The van der Waals surface area contributed by atoms with E-state index in [1.165, 1.54) is 6.92 Å². The van der Waals surface area contributed by atoms with Gasteiger partial charge in [-0.25, -0.2) is 8.78 Å². The molecule has 0 saturated carbocycles. The van der Waals surface area contributed by atoms with E-state index in [4.69, 9.17) is 5.11 Å². The van der Waals surface area contributed by atoms with Gasteiger partial charge in [0.1, 0.15) is 6.61 Å². The third kappa shape index (κ3) is 9.34. The highest BCUT2D eigenvalue weighted by atomic mass is 19.3. The van der Waals surface area contributed by atoms with Crippen molar-refractivity contribution in [2.75, 3.05) is 19.8 Å². The van der Waals surface area contributed by atoms with Crippen LogP contribution in [0, 0.1) is 0 Å². The van der Waals surface area contributed by atoms with Crippen molar-refractivity contribution >= 4 is 5.91 Å². The van der Waals surface area contributed by atoms with Crippen molar-refractivity contribution in [3.05, 3.63) is 0 Å². The summed E-state index contributed by atoms with van der Waals surface area (Å²) in [6.45, 7) is 1.01. The maximum absolute atomic E-state index is 11.6. The largest absolute Gasteiger partial charge is 0.392 e. The number of amides is 1. The van der Waals surface area contributed by atoms with E-state index in [9.17, 15) is 13.6 Å². The molecule has 0 radical (unpaired) electrons. The van der Waals surface area contributed by atoms with Crippen molar-refractivity contribution in [2.45, 2.75) is 25.9 Å². The summed E-state index contributed by atoms with van der Waals surface area (Å²) in [5.41, 5.74) is 0. The Kier molecular flexibility index (Phi) is 7.23. The number of aliphatic hydroxyl groups excluding tert-OH is 1. The van der Waals surface area contributed by atoms with Crippen molar-refractivity contribution in [1.29, 1.82) is 0 Å². The lowest BCUT2D eigenvalue weighted by Crippen LogP contribution is -2.31. The average molecular weight is 211 g/mol. The van der Waals surface area contributed by atoms with E-state index in [0.717, 1.165) is 0 Å². The molecule has 0 aromatic carbocycles. The van der Waals surface area contributed by atoms with Gasteiger partial charge in [0, 0.05) is 13.0 Å². The standard InChI is InChI=1S/C8H15F2NO3/c1-6(12)4-11-8(13)2-3-14-5-7(9)10/h6-7,12H,2-5H2,1H3,(H,11,13)/t6-/m0/s1. The van der Waals surface area contributed by atoms with E-state index >= 15 is 0 Å². The van der Waals surface area contributed by atoms with Crippen molar-refractivity contribution in [1.82, 2.24) is 5.32 Å². The Morgan fingerprint density at radius 1 is 1.57 bits per heavy atom. The van der Waals surface area contributed by atoms with Crippen LogP contribution in [0.15, 0.2) is 0 Å². The minimum atomic E-state index is -2.50. The Balaban J connectivity index is 3.27. The van der Waals surface area contributed by atoms with Crippen LogP contribution in [0.4, 0.5) is 8.78 Å². The predicted octanol–water partition coefficient (Wildman–Crippen LogP) is 0.155. The number of rotatable bonds is 7. The van der Waals surface area contributed by atoms with Crippen LogP contribution in [0.3, 0.4) is 0 Å². The smallest absolute Gasteiger partial charge is 0.261 e. The summed E-state index contributed by atoms with van der Waals surface area (Å²) in [6.07, 6.45) is -3.09. The Hall–Kier alpha value is -0.750. The molecule has 0 rings (SSSR count). The summed E-state index contributed by atoms with van der Waals surface area (Å²) in [5.74, 6) is -0.319. The molecule has 0 bridgehead atoms. The first kappa shape index (κ1) is 13.2. The van der Waals surface area contributed by atoms with Gasteiger partial charge in [0.15, 0.2) is 0 Å². The van der Waals surface area contributed by atoms with Crippen LogP contribution in [0.2, 0.25) is 0 Å². The number of aliphatic hydroxyl groups is 1. The minimum Gasteiger partial charge on any atom is -0.392 e. The monoisotopic (exact) mass is 211 g/mol. The van der Waals surface area contributed by atoms with Gasteiger partial charge in [0.05, 0.1) is 12.7 Å². The van der Waals surface area contributed by atoms with E-state index in [2.05, 4.69) is 10.1 Å². The second-order valence-corrected chi connectivity index (χ2v) is 2.87. The topological polar surface area (TPSA) is 58.6 Å². The second-order valence-electron chi connectivity index (χ2n) is 2.87. The number of carbonyl (C=O) groups excluding carboxylic acids is 1.